The van der Waals surface area contributed by atoms with Gasteiger partial charge in [0.15, 0.2) is 5.16 Å². The number of carbonyl (C=O) groups excluding carboxylic acids is 1. The third kappa shape index (κ3) is 2.97. The number of benzene rings is 1. The number of carbonyl (C=O) groups is 1. The van der Waals surface area contributed by atoms with Crippen LogP contribution in [-0.4, -0.2) is 33.2 Å². The van der Waals surface area contributed by atoms with E-state index >= 15 is 0 Å². The molecule has 1 amide bonds. The lowest BCUT2D eigenvalue weighted by atomic mass is 9.97. The van der Waals surface area contributed by atoms with E-state index in [1.807, 2.05) is 57.5 Å². The van der Waals surface area contributed by atoms with Crippen LogP contribution in [0.3, 0.4) is 0 Å². The minimum Gasteiger partial charge on any atom is -0.331 e. The number of hydrogen-bond acceptors (Lipinski definition) is 4. The maximum absolute atomic E-state index is 13.3. The molecule has 0 N–H and O–H groups in total. The number of fused-ring (bicyclic) bond motifs is 1. The summed E-state index contributed by atoms with van der Waals surface area (Å²) in [6.07, 6.45) is 7.62. The summed E-state index contributed by atoms with van der Waals surface area (Å²) in [5, 5.41) is 3.06. The van der Waals surface area contributed by atoms with Crippen molar-refractivity contribution in [1.82, 2.24) is 14.5 Å². The van der Waals surface area contributed by atoms with Gasteiger partial charge < -0.3 is 4.90 Å². The van der Waals surface area contributed by atoms with Crippen LogP contribution in [0.2, 0.25) is 0 Å². The van der Waals surface area contributed by atoms with Gasteiger partial charge in [-0.05, 0) is 54.3 Å². The molecule has 0 fully saturated rings. The molecule has 0 saturated carbocycles. The molecule has 0 aliphatic carbocycles. The third-order valence-corrected chi connectivity index (χ3v) is 6.57. The van der Waals surface area contributed by atoms with Gasteiger partial charge in [-0.15, -0.1) is 11.3 Å². The normalized spacial score (nSPS) is 16.5. The molecule has 1 aliphatic rings. The Hall–Kier alpha value is -2.05. The predicted molar refractivity (Wildman–Crippen MR) is 107 cm³/mol. The first-order valence-corrected chi connectivity index (χ1v) is 10.9. The third-order valence-electron chi connectivity index (χ3n) is 4.90. The smallest absolute Gasteiger partial charge is 0.254 e. The van der Waals surface area contributed by atoms with Gasteiger partial charge in [-0.1, -0.05) is 24.8 Å². The fourth-order valence-electron chi connectivity index (χ4n) is 3.67. The highest BCUT2D eigenvalue weighted by atomic mass is 32.2. The van der Waals surface area contributed by atoms with E-state index in [-0.39, 0.29) is 11.9 Å². The lowest BCUT2D eigenvalue weighted by Gasteiger charge is -2.35. The van der Waals surface area contributed by atoms with E-state index in [0.29, 0.717) is 0 Å². The minimum atomic E-state index is 0.112. The monoisotopic (exact) mass is 383 g/mol. The lowest BCUT2D eigenvalue weighted by Crippen LogP contribution is -2.39. The van der Waals surface area contributed by atoms with Crippen molar-refractivity contribution in [2.45, 2.75) is 31.0 Å². The van der Waals surface area contributed by atoms with Crippen molar-refractivity contribution >= 4 is 29.0 Å². The second-order valence-corrected chi connectivity index (χ2v) is 8.08. The van der Waals surface area contributed by atoms with E-state index in [1.54, 1.807) is 18.0 Å². The predicted octanol–water partition coefficient (Wildman–Crippen LogP) is 4.81. The molecule has 134 valence electrons. The van der Waals surface area contributed by atoms with Crippen LogP contribution in [0.15, 0.2) is 53.3 Å². The number of rotatable bonds is 4. The van der Waals surface area contributed by atoms with Crippen molar-refractivity contribution in [3.8, 4) is 5.69 Å². The van der Waals surface area contributed by atoms with E-state index in [2.05, 4.69) is 23.4 Å². The van der Waals surface area contributed by atoms with Crippen molar-refractivity contribution in [3.63, 3.8) is 0 Å². The van der Waals surface area contributed by atoms with E-state index in [9.17, 15) is 4.79 Å². The quantitative estimate of drug-likeness (QED) is 0.607. The van der Waals surface area contributed by atoms with Crippen LogP contribution in [0.1, 0.15) is 40.2 Å². The molecular weight excluding hydrogens is 362 g/mol. The summed E-state index contributed by atoms with van der Waals surface area (Å²) < 4.78 is 2.02. The van der Waals surface area contributed by atoms with Crippen LogP contribution >= 0.6 is 23.1 Å². The summed E-state index contributed by atoms with van der Waals surface area (Å²) in [5.74, 6) is 0.112. The summed E-state index contributed by atoms with van der Waals surface area (Å²) in [4.78, 5) is 21.1. The number of hydrogen-bond donors (Lipinski definition) is 0. The number of thioether (sulfide) groups is 1. The molecule has 1 aromatic carbocycles. The molecule has 3 aromatic rings. The summed E-state index contributed by atoms with van der Waals surface area (Å²) >= 11 is 3.40. The highest BCUT2D eigenvalue weighted by molar-refractivity contribution is 7.98. The van der Waals surface area contributed by atoms with Crippen LogP contribution in [-0.2, 0) is 6.42 Å². The molecule has 1 unspecified atom stereocenters. The summed E-state index contributed by atoms with van der Waals surface area (Å²) in [6.45, 7) is 2.95. The molecule has 1 atom stereocenters. The van der Waals surface area contributed by atoms with Gasteiger partial charge >= 0.3 is 0 Å². The molecule has 6 heteroatoms. The van der Waals surface area contributed by atoms with E-state index in [4.69, 9.17) is 0 Å². The van der Waals surface area contributed by atoms with Gasteiger partial charge in [0.2, 0.25) is 0 Å². The van der Waals surface area contributed by atoms with Crippen molar-refractivity contribution in [1.29, 1.82) is 0 Å². The highest BCUT2D eigenvalue weighted by Crippen LogP contribution is 2.36. The number of nitrogens with zero attached hydrogens (tertiary/aromatic N) is 3. The van der Waals surface area contributed by atoms with Gasteiger partial charge in [0.05, 0.1) is 6.04 Å². The molecule has 4 nitrogen and oxygen atoms in total. The van der Waals surface area contributed by atoms with Gasteiger partial charge in [0.25, 0.3) is 5.91 Å². The maximum Gasteiger partial charge on any atom is 0.254 e. The SMILES string of the molecule is CCC1c2ccsc2CCN1C(=O)c1cccc(-n2ccnc2SC)c1. The van der Waals surface area contributed by atoms with Gasteiger partial charge in [-0.25, -0.2) is 4.98 Å². The average Bonchev–Trinajstić information content (AvgIpc) is 3.35. The van der Waals surface area contributed by atoms with Crippen molar-refractivity contribution in [2.24, 2.45) is 0 Å². The van der Waals surface area contributed by atoms with Gasteiger partial charge in [0.1, 0.15) is 0 Å². The average molecular weight is 384 g/mol. The molecule has 0 saturated heterocycles. The highest BCUT2D eigenvalue weighted by Gasteiger charge is 2.30. The Labute approximate surface area is 161 Å². The van der Waals surface area contributed by atoms with Crippen LogP contribution in [0.25, 0.3) is 5.69 Å². The first-order chi connectivity index (χ1) is 12.7. The molecule has 4 rings (SSSR count). The second kappa shape index (κ2) is 7.29. The lowest BCUT2D eigenvalue weighted by molar-refractivity contribution is 0.0657. The zero-order valence-electron chi connectivity index (χ0n) is 14.9. The minimum absolute atomic E-state index is 0.112. The topological polar surface area (TPSA) is 38.1 Å². The molecule has 0 bridgehead atoms. The first-order valence-electron chi connectivity index (χ1n) is 8.78. The zero-order valence-corrected chi connectivity index (χ0v) is 16.5. The first kappa shape index (κ1) is 17.4. The van der Waals surface area contributed by atoms with Gasteiger partial charge in [-0.2, -0.15) is 0 Å². The molecule has 2 aromatic heterocycles. The summed E-state index contributed by atoms with van der Waals surface area (Å²) in [6, 6.07) is 10.2. The van der Waals surface area contributed by atoms with Crippen LogP contribution in [0.5, 0.6) is 0 Å². The molecule has 0 radical (unpaired) electrons. The molecule has 1 aliphatic heterocycles. The Kier molecular flexibility index (Phi) is 4.87. The Morgan fingerprint density at radius 3 is 3.08 bits per heavy atom. The summed E-state index contributed by atoms with van der Waals surface area (Å²) in [7, 11) is 0. The van der Waals surface area contributed by atoms with E-state index in [0.717, 1.165) is 35.8 Å². The van der Waals surface area contributed by atoms with Gasteiger partial charge in [-0.3, -0.25) is 9.36 Å². The molecule has 3 heterocycles. The number of thiophene rings is 1. The Bertz CT molecular complexity index is 931. The van der Waals surface area contributed by atoms with Gasteiger partial charge in [0, 0.05) is 35.1 Å². The standard InChI is InChI=1S/C20H21N3OS2/c1-3-17-16-8-12-26-18(16)7-10-23(17)19(24)14-5-4-6-15(13-14)22-11-9-21-20(22)25-2/h4-6,8-9,11-13,17H,3,7,10H2,1-2H3. The number of aromatic nitrogens is 2. The fourth-order valence-corrected chi connectivity index (χ4v) is 5.13. The number of imidazole rings is 1. The molecule has 26 heavy (non-hydrogen) atoms. The Morgan fingerprint density at radius 1 is 1.38 bits per heavy atom. The second-order valence-electron chi connectivity index (χ2n) is 6.31. The van der Waals surface area contributed by atoms with Crippen molar-refractivity contribution in [2.75, 3.05) is 12.8 Å². The largest absolute Gasteiger partial charge is 0.331 e. The van der Waals surface area contributed by atoms with Crippen LogP contribution in [0, 0.1) is 0 Å². The maximum atomic E-state index is 13.3. The Morgan fingerprint density at radius 2 is 2.27 bits per heavy atom. The molecule has 0 spiro atoms. The van der Waals surface area contributed by atoms with Crippen molar-refractivity contribution < 1.29 is 4.79 Å². The summed E-state index contributed by atoms with van der Waals surface area (Å²) in [5.41, 5.74) is 3.03. The van der Waals surface area contributed by atoms with E-state index < -0.39 is 0 Å². The molecular formula is C20H21N3OS2. The Balaban J connectivity index is 1.66. The van der Waals surface area contributed by atoms with Crippen LogP contribution < -0.4 is 0 Å². The van der Waals surface area contributed by atoms with Crippen molar-refractivity contribution in [3.05, 3.63) is 64.1 Å². The fraction of sp³-hybridized carbons (Fsp3) is 0.300. The van der Waals surface area contributed by atoms with E-state index in [1.165, 1.54) is 10.4 Å². The van der Waals surface area contributed by atoms with Crippen LogP contribution in [0.4, 0.5) is 0 Å². The zero-order chi connectivity index (χ0) is 18.1. The number of amides is 1.